The zero-order valence-electron chi connectivity index (χ0n) is 33.0. The molecule has 2 amide bonds. The summed E-state index contributed by atoms with van der Waals surface area (Å²) >= 11 is 6.30. The van der Waals surface area contributed by atoms with Gasteiger partial charge in [0.2, 0.25) is 12.3 Å². The van der Waals surface area contributed by atoms with E-state index in [2.05, 4.69) is 27.5 Å². The Morgan fingerprint density at radius 3 is 2.05 bits per heavy atom. The molecule has 0 spiro atoms. The van der Waals surface area contributed by atoms with E-state index in [9.17, 15) is 14.0 Å². The highest BCUT2D eigenvalue weighted by atomic mass is 35.5. The first-order valence-corrected chi connectivity index (χ1v) is 18.9. The maximum Gasteiger partial charge on any atom is 0.216 e. The molecule has 0 aliphatic heterocycles. The number of methoxy groups -OCH3 is 2. The number of benzene rings is 4. The topological polar surface area (TPSA) is 127 Å². The number of aromatic nitrogens is 2. The van der Waals surface area contributed by atoms with Crippen molar-refractivity contribution in [2.24, 2.45) is 0 Å². The largest absolute Gasteiger partial charge is 0.495 e. The molecule has 2 aromatic heterocycles. The maximum atomic E-state index is 14.2. The molecule has 6 aromatic rings. The highest BCUT2D eigenvalue weighted by molar-refractivity contribution is 6.32. The number of fused-ring (bicyclic) bond motifs is 2. The highest BCUT2D eigenvalue weighted by Crippen LogP contribution is 2.38. The minimum atomic E-state index is -0.420. The molecule has 0 fully saturated rings. The third-order valence-corrected chi connectivity index (χ3v) is 9.17. The second kappa shape index (κ2) is 18.8. The number of hydrogen-bond donors (Lipinski definition) is 4. The molecule has 4 N–H and O–H groups in total. The molecule has 0 saturated carbocycles. The Bertz CT molecular complexity index is 2280. The minimum absolute atomic E-state index is 0.0834. The fraction of sp³-hybridized carbons (Fsp3) is 0.318. The Morgan fingerprint density at radius 1 is 0.821 bits per heavy atom. The molecule has 0 unspecified atom stereocenters. The number of rotatable bonds is 15. The van der Waals surface area contributed by atoms with Crippen LogP contribution in [0.2, 0.25) is 5.02 Å². The average molecular weight is 785 g/mol. The van der Waals surface area contributed by atoms with Crippen molar-refractivity contribution in [3.63, 3.8) is 0 Å². The van der Waals surface area contributed by atoms with Crippen molar-refractivity contribution in [1.82, 2.24) is 20.6 Å². The molecule has 10 nitrogen and oxygen atoms in total. The summed E-state index contributed by atoms with van der Waals surface area (Å²) in [5.41, 5.74) is 7.32. The van der Waals surface area contributed by atoms with E-state index in [1.807, 2.05) is 81.4 Å². The predicted molar refractivity (Wildman–Crippen MR) is 222 cm³/mol. The van der Waals surface area contributed by atoms with Gasteiger partial charge in [0.05, 0.1) is 25.8 Å². The number of carbonyl (C=O) groups is 2. The summed E-state index contributed by atoms with van der Waals surface area (Å²) in [5.74, 6) is 1.92. The number of hydrogen-bond acceptors (Lipinski definition) is 6. The molecular weight excluding hydrogens is 735 g/mol. The number of aromatic amines is 2. The van der Waals surface area contributed by atoms with E-state index < -0.39 is 5.82 Å². The van der Waals surface area contributed by atoms with E-state index in [-0.39, 0.29) is 17.3 Å². The smallest absolute Gasteiger partial charge is 0.216 e. The summed E-state index contributed by atoms with van der Waals surface area (Å²) < 4.78 is 36.4. The summed E-state index contributed by atoms with van der Waals surface area (Å²) in [6.07, 6.45) is 2.92. The summed E-state index contributed by atoms with van der Waals surface area (Å²) in [5, 5.41) is 8.01. The van der Waals surface area contributed by atoms with Crippen LogP contribution in [0.1, 0.15) is 52.2 Å². The van der Waals surface area contributed by atoms with Crippen molar-refractivity contribution in [1.29, 1.82) is 0 Å². The zero-order chi connectivity index (χ0) is 40.4. The van der Waals surface area contributed by atoms with Gasteiger partial charge in [0.15, 0.2) is 11.6 Å². The Hall–Kier alpha value is -5.68. The molecular formula is C44H50ClFN4O6. The van der Waals surface area contributed by atoms with Crippen molar-refractivity contribution in [2.75, 3.05) is 33.9 Å². The first kappa shape index (κ1) is 41.5. The van der Waals surface area contributed by atoms with Crippen LogP contribution in [0.3, 0.4) is 0 Å². The number of halogens is 2. The van der Waals surface area contributed by atoms with Gasteiger partial charge in [-0.15, -0.1) is 0 Å². The van der Waals surface area contributed by atoms with Crippen molar-refractivity contribution in [3.8, 4) is 45.5 Å². The number of carbonyl (C=O) groups excluding carboxylic acids is 2. The van der Waals surface area contributed by atoms with E-state index >= 15 is 0 Å². The van der Waals surface area contributed by atoms with Gasteiger partial charge in [-0.3, -0.25) is 9.59 Å². The van der Waals surface area contributed by atoms with Crippen molar-refractivity contribution < 1.29 is 32.9 Å². The monoisotopic (exact) mass is 784 g/mol. The van der Waals surface area contributed by atoms with Gasteiger partial charge in [0, 0.05) is 64.8 Å². The van der Waals surface area contributed by atoms with E-state index in [4.69, 9.17) is 30.5 Å². The van der Waals surface area contributed by atoms with Gasteiger partial charge in [-0.25, -0.2) is 4.39 Å². The Morgan fingerprint density at radius 2 is 1.45 bits per heavy atom. The molecule has 0 radical (unpaired) electrons. The third-order valence-electron chi connectivity index (χ3n) is 8.87. The molecule has 56 heavy (non-hydrogen) atoms. The van der Waals surface area contributed by atoms with Crippen molar-refractivity contribution in [2.45, 2.75) is 59.5 Å². The molecule has 0 saturated heterocycles. The number of nitrogens with one attached hydrogen (secondary N) is 4. The van der Waals surface area contributed by atoms with Crippen LogP contribution in [0.15, 0.2) is 72.8 Å². The average Bonchev–Trinajstić information content (AvgIpc) is 3.70. The number of ether oxygens (including phenoxy) is 4. The van der Waals surface area contributed by atoms with E-state index in [1.165, 1.54) is 20.1 Å². The van der Waals surface area contributed by atoms with Gasteiger partial charge >= 0.3 is 0 Å². The predicted octanol–water partition coefficient (Wildman–Crippen LogP) is 9.41. The van der Waals surface area contributed by atoms with Gasteiger partial charge in [0.25, 0.3) is 0 Å². The molecule has 12 heteroatoms. The summed E-state index contributed by atoms with van der Waals surface area (Å²) in [6, 6.07) is 22.7. The lowest BCUT2D eigenvalue weighted by molar-refractivity contribution is -0.119. The highest BCUT2D eigenvalue weighted by Gasteiger charge is 2.19. The quantitative estimate of drug-likeness (QED) is 0.0608. The first-order chi connectivity index (χ1) is 26.8. The van der Waals surface area contributed by atoms with Gasteiger partial charge < -0.3 is 39.5 Å². The van der Waals surface area contributed by atoms with Gasteiger partial charge in [0.1, 0.15) is 22.8 Å². The molecule has 4 aromatic carbocycles. The van der Waals surface area contributed by atoms with E-state index in [0.29, 0.717) is 55.2 Å². The van der Waals surface area contributed by atoms with Gasteiger partial charge in [-0.2, -0.15) is 0 Å². The Balaban J connectivity index is 0.000000214. The van der Waals surface area contributed by atoms with Crippen LogP contribution in [-0.4, -0.2) is 61.8 Å². The molecule has 0 atom stereocenters. The maximum absolute atomic E-state index is 14.2. The Kier molecular flexibility index (Phi) is 13.9. The summed E-state index contributed by atoms with van der Waals surface area (Å²) in [7, 11) is 3.05. The minimum Gasteiger partial charge on any atom is -0.495 e. The third kappa shape index (κ3) is 10.3. The van der Waals surface area contributed by atoms with Crippen molar-refractivity contribution >= 4 is 45.7 Å². The molecule has 0 aliphatic carbocycles. The number of H-pyrrole nitrogens is 2. The normalized spacial score (nSPS) is 11.2. The van der Waals surface area contributed by atoms with Crippen LogP contribution in [0.25, 0.3) is 44.3 Å². The second-order valence-electron chi connectivity index (χ2n) is 14.2. The van der Waals surface area contributed by atoms with E-state index in [0.717, 1.165) is 67.9 Å². The lowest BCUT2D eigenvalue weighted by Gasteiger charge is -2.21. The van der Waals surface area contributed by atoms with Crippen molar-refractivity contribution in [3.05, 3.63) is 94.8 Å². The molecule has 0 aliphatic rings. The van der Waals surface area contributed by atoms with Crippen LogP contribution >= 0.6 is 11.6 Å². The van der Waals surface area contributed by atoms with Gasteiger partial charge in [-0.1, -0.05) is 30.7 Å². The molecule has 2 heterocycles. The zero-order valence-corrected chi connectivity index (χ0v) is 33.7. The molecule has 6 rings (SSSR count). The fourth-order valence-corrected chi connectivity index (χ4v) is 6.69. The molecule has 296 valence electrons. The first-order valence-electron chi connectivity index (χ1n) is 18.6. The second-order valence-corrected chi connectivity index (χ2v) is 14.6. The van der Waals surface area contributed by atoms with Crippen LogP contribution in [-0.2, 0) is 22.4 Å². The van der Waals surface area contributed by atoms with E-state index in [1.54, 1.807) is 13.2 Å². The number of amides is 2. The lowest BCUT2D eigenvalue weighted by atomic mass is 10.0. The van der Waals surface area contributed by atoms with Crippen LogP contribution in [0, 0.1) is 5.82 Å². The standard InChI is InChI=1S/C22H25ClN2O3.C22H25FN2O3/c1-22(2,3)28-15-7-5-14(6-8-15)21-16(9-10-24-13-26)17-11-20(27-4)18(23)12-19(17)25-21;1-4-10-28-16-7-5-6-15(11-16)22-17(8-9-24-14(2)26)18-12-21(27-3)19(23)13-20(18)25-22/h5-8,11-13,25H,9-10H2,1-4H3,(H,24,26);5-7,11-13,25H,4,8-10H2,1-3H3,(H,24,26). The van der Waals surface area contributed by atoms with Crippen LogP contribution in [0.4, 0.5) is 4.39 Å². The summed E-state index contributed by atoms with van der Waals surface area (Å²) in [6.45, 7) is 11.3. The SMILES string of the molecule is CCCOc1cccc(-c2[nH]c3cc(F)c(OC)cc3c2CCNC(C)=O)c1.COc1cc2c(CCNC=O)c(-c3ccc(OC(C)(C)C)cc3)[nH]c2cc1Cl. The van der Waals surface area contributed by atoms with Crippen LogP contribution < -0.4 is 29.6 Å². The Labute approximate surface area is 332 Å². The van der Waals surface area contributed by atoms with Crippen LogP contribution in [0.5, 0.6) is 23.0 Å². The molecule has 0 bridgehead atoms. The van der Waals surface area contributed by atoms with Gasteiger partial charge in [-0.05, 0) is 111 Å². The fourth-order valence-electron chi connectivity index (χ4n) is 6.45. The summed E-state index contributed by atoms with van der Waals surface area (Å²) in [4.78, 5) is 28.8. The lowest BCUT2D eigenvalue weighted by Crippen LogP contribution is -2.22.